The van der Waals surface area contributed by atoms with E-state index in [-0.39, 0.29) is 0 Å². The standard InChI is InChI=1S/C28H24N3/c1-30-15-11-21(12-16-30)3-5-23-7-9-27-25(19-23)26-20-24(8-10-28(26)29-27)6-4-22-13-17-31(2)18-14-22/h3-20H,1-2H3/q+1/p+1. The zero-order valence-electron chi connectivity index (χ0n) is 17.8. The highest BCUT2D eigenvalue weighted by molar-refractivity contribution is 6.08. The lowest BCUT2D eigenvalue weighted by Gasteiger charge is -1.98. The van der Waals surface area contributed by atoms with Gasteiger partial charge in [0.25, 0.3) is 0 Å². The number of pyridine rings is 2. The molecule has 0 aliphatic rings. The third-order valence-corrected chi connectivity index (χ3v) is 5.59. The second-order valence-corrected chi connectivity index (χ2v) is 8.00. The van der Waals surface area contributed by atoms with Crippen molar-refractivity contribution in [2.45, 2.75) is 0 Å². The Morgan fingerprint density at radius 2 is 0.903 bits per heavy atom. The average molecular weight is 404 g/mol. The predicted octanol–water partition coefficient (Wildman–Crippen LogP) is 5.31. The van der Waals surface area contributed by atoms with Crippen LogP contribution in [0.1, 0.15) is 22.3 Å². The van der Waals surface area contributed by atoms with Gasteiger partial charge in [0, 0.05) is 46.1 Å². The largest absolute Gasteiger partial charge is 0.355 e. The number of aromatic nitrogens is 3. The number of benzene rings is 2. The topological polar surface area (TPSA) is 23.5 Å². The van der Waals surface area contributed by atoms with E-state index in [1.54, 1.807) is 0 Å². The molecule has 150 valence electrons. The van der Waals surface area contributed by atoms with Crippen LogP contribution in [0.2, 0.25) is 0 Å². The van der Waals surface area contributed by atoms with Crippen LogP contribution in [0.4, 0.5) is 0 Å². The quantitative estimate of drug-likeness (QED) is 0.393. The van der Waals surface area contributed by atoms with Gasteiger partial charge in [-0.15, -0.1) is 0 Å². The normalized spacial score (nSPS) is 11.9. The molecular formula is C28H25N3+2. The van der Waals surface area contributed by atoms with Gasteiger partial charge in [-0.1, -0.05) is 36.4 Å². The summed E-state index contributed by atoms with van der Waals surface area (Å²) in [4.78, 5) is 3.54. The van der Waals surface area contributed by atoms with E-state index in [1.807, 2.05) is 23.2 Å². The van der Waals surface area contributed by atoms with Gasteiger partial charge in [-0.3, -0.25) is 0 Å². The SMILES string of the molecule is C[n+]1ccc(C=Cc2ccc3[nH]c4ccc(C=Cc5cc[n+](C)cc5)cc4c3c2)cc1. The van der Waals surface area contributed by atoms with E-state index in [0.717, 1.165) is 11.0 Å². The molecule has 31 heavy (non-hydrogen) atoms. The highest BCUT2D eigenvalue weighted by Gasteiger charge is 2.05. The van der Waals surface area contributed by atoms with Crippen molar-refractivity contribution >= 4 is 46.1 Å². The predicted molar refractivity (Wildman–Crippen MR) is 129 cm³/mol. The molecule has 5 rings (SSSR count). The molecule has 0 saturated carbocycles. The lowest BCUT2D eigenvalue weighted by atomic mass is 10.1. The van der Waals surface area contributed by atoms with E-state index in [9.17, 15) is 0 Å². The van der Waals surface area contributed by atoms with E-state index < -0.39 is 0 Å². The molecule has 0 amide bonds. The van der Waals surface area contributed by atoms with Crippen LogP contribution in [0.25, 0.3) is 46.1 Å². The van der Waals surface area contributed by atoms with Gasteiger partial charge in [-0.25, -0.2) is 9.13 Å². The van der Waals surface area contributed by atoms with Gasteiger partial charge in [-0.2, -0.15) is 0 Å². The van der Waals surface area contributed by atoms with Gasteiger partial charge in [0.1, 0.15) is 14.1 Å². The summed E-state index contributed by atoms with van der Waals surface area (Å²) in [6, 6.07) is 21.6. The summed E-state index contributed by atoms with van der Waals surface area (Å²) in [5, 5.41) is 2.50. The molecule has 0 radical (unpaired) electrons. The van der Waals surface area contributed by atoms with Crippen LogP contribution < -0.4 is 9.13 Å². The summed E-state index contributed by atoms with van der Waals surface area (Å²) in [5.41, 5.74) is 7.10. The van der Waals surface area contributed by atoms with Crippen molar-refractivity contribution in [3.05, 3.63) is 108 Å². The maximum atomic E-state index is 3.54. The minimum absolute atomic E-state index is 1.16. The number of fused-ring (bicyclic) bond motifs is 3. The summed E-state index contributed by atoms with van der Waals surface area (Å²) in [7, 11) is 4.06. The highest BCUT2D eigenvalue weighted by atomic mass is 14.9. The lowest BCUT2D eigenvalue weighted by molar-refractivity contribution is -0.671. The number of aryl methyl sites for hydroxylation is 2. The van der Waals surface area contributed by atoms with Gasteiger partial charge < -0.3 is 4.98 Å². The first-order chi connectivity index (χ1) is 15.1. The minimum Gasteiger partial charge on any atom is -0.355 e. The van der Waals surface area contributed by atoms with Crippen molar-refractivity contribution in [3.63, 3.8) is 0 Å². The van der Waals surface area contributed by atoms with E-state index in [1.165, 1.54) is 33.0 Å². The summed E-state index contributed by atoms with van der Waals surface area (Å²) in [6.45, 7) is 0. The first-order valence-corrected chi connectivity index (χ1v) is 10.5. The average Bonchev–Trinajstić information content (AvgIpc) is 3.15. The van der Waals surface area contributed by atoms with Crippen molar-refractivity contribution in [1.82, 2.24) is 4.98 Å². The van der Waals surface area contributed by atoms with Crippen LogP contribution in [-0.4, -0.2) is 4.98 Å². The first-order valence-electron chi connectivity index (χ1n) is 10.5. The Balaban J connectivity index is 1.48. The molecule has 3 heteroatoms. The second kappa shape index (κ2) is 8.04. The van der Waals surface area contributed by atoms with Crippen LogP contribution in [-0.2, 0) is 14.1 Å². The Hall–Kier alpha value is -3.98. The van der Waals surface area contributed by atoms with Crippen molar-refractivity contribution in [2.24, 2.45) is 14.1 Å². The Labute approximate surface area is 182 Å². The lowest BCUT2D eigenvalue weighted by Crippen LogP contribution is -2.25. The molecule has 0 unspecified atom stereocenters. The van der Waals surface area contributed by atoms with Crippen molar-refractivity contribution < 1.29 is 9.13 Å². The Morgan fingerprint density at radius 3 is 1.32 bits per heavy atom. The molecule has 0 spiro atoms. The van der Waals surface area contributed by atoms with Gasteiger partial charge in [0.2, 0.25) is 0 Å². The molecule has 0 fully saturated rings. The molecule has 0 aliphatic heterocycles. The smallest absolute Gasteiger partial charge is 0.169 e. The number of hydrogen-bond donors (Lipinski definition) is 1. The fourth-order valence-electron chi connectivity index (χ4n) is 3.77. The third kappa shape index (κ3) is 4.17. The number of hydrogen-bond acceptors (Lipinski definition) is 0. The second-order valence-electron chi connectivity index (χ2n) is 8.00. The fraction of sp³-hybridized carbons (Fsp3) is 0.0714. The fourth-order valence-corrected chi connectivity index (χ4v) is 3.77. The van der Waals surface area contributed by atoms with Crippen molar-refractivity contribution in [3.8, 4) is 0 Å². The van der Waals surface area contributed by atoms with Crippen LogP contribution >= 0.6 is 0 Å². The summed E-state index contributed by atoms with van der Waals surface area (Å²) < 4.78 is 4.08. The first kappa shape index (κ1) is 19.0. The van der Waals surface area contributed by atoms with Crippen molar-refractivity contribution in [1.29, 1.82) is 0 Å². The van der Waals surface area contributed by atoms with E-state index in [0.29, 0.717) is 0 Å². The van der Waals surface area contributed by atoms with E-state index in [2.05, 4.69) is 115 Å². The number of H-pyrrole nitrogens is 1. The van der Waals surface area contributed by atoms with Crippen LogP contribution in [0.15, 0.2) is 85.5 Å². The molecule has 3 nitrogen and oxygen atoms in total. The maximum absolute atomic E-state index is 3.54. The number of rotatable bonds is 4. The zero-order chi connectivity index (χ0) is 21.2. The molecule has 3 heterocycles. The maximum Gasteiger partial charge on any atom is 0.169 e. The van der Waals surface area contributed by atoms with Gasteiger partial charge >= 0.3 is 0 Å². The molecule has 0 aliphatic carbocycles. The van der Waals surface area contributed by atoms with Crippen LogP contribution in [0, 0.1) is 0 Å². The van der Waals surface area contributed by atoms with E-state index >= 15 is 0 Å². The molecule has 3 aromatic heterocycles. The van der Waals surface area contributed by atoms with Crippen molar-refractivity contribution in [2.75, 3.05) is 0 Å². The molecule has 0 bridgehead atoms. The monoisotopic (exact) mass is 403 g/mol. The molecule has 0 atom stereocenters. The molecular weight excluding hydrogens is 378 g/mol. The minimum atomic E-state index is 1.16. The zero-order valence-corrected chi connectivity index (χ0v) is 17.8. The highest BCUT2D eigenvalue weighted by Crippen LogP contribution is 2.28. The Morgan fingerprint density at radius 1 is 0.516 bits per heavy atom. The molecule has 2 aromatic carbocycles. The Kier molecular flexibility index (Phi) is 4.93. The number of aromatic amines is 1. The van der Waals surface area contributed by atoms with Gasteiger partial charge in [0.05, 0.1) is 0 Å². The summed E-state index contributed by atoms with van der Waals surface area (Å²) >= 11 is 0. The van der Waals surface area contributed by atoms with Crippen LogP contribution in [0.5, 0.6) is 0 Å². The van der Waals surface area contributed by atoms with E-state index in [4.69, 9.17) is 0 Å². The number of nitrogens with zero attached hydrogens (tertiary/aromatic N) is 2. The van der Waals surface area contributed by atoms with Crippen LogP contribution in [0.3, 0.4) is 0 Å². The van der Waals surface area contributed by atoms with Gasteiger partial charge in [0.15, 0.2) is 24.8 Å². The van der Waals surface area contributed by atoms with Gasteiger partial charge in [-0.05, 0) is 46.5 Å². The molecule has 5 aromatic rings. The summed E-state index contributed by atoms with van der Waals surface area (Å²) in [5.74, 6) is 0. The molecule has 0 saturated heterocycles. The Bertz CT molecular complexity index is 1310. The summed E-state index contributed by atoms with van der Waals surface area (Å²) in [6.07, 6.45) is 16.9. The molecule has 1 N–H and O–H groups in total. The third-order valence-electron chi connectivity index (χ3n) is 5.59. The number of nitrogens with one attached hydrogen (secondary N) is 1.